The number of halogens is 2. The molecule has 1 heterocycles. The lowest BCUT2D eigenvalue weighted by atomic mass is 10.2. The minimum Gasteiger partial charge on any atom is -0.351 e. The zero-order chi connectivity index (χ0) is 17.0. The van der Waals surface area contributed by atoms with Crippen LogP contribution >= 0.6 is 22.9 Å². The van der Waals surface area contributed by atoms with Crippen molar-refractivity contribution in [2.45, 2.75) is 10.8 Å². The zero-order valence-electron chi connectivity index (χ0n) is 12.1. The van der Waals surface area contributed by atoms with Gasteiger partial charge in [-0.05, 0) is 29.8 Å². The van der Waals surface area contributed by atoms with Crippen molar-refractivity contribution in [3.8, 4) is 0 Å². The number of amides is 1. The molecule has 124 valence electrons. The van der Waals surface area contributed by atoms with E-state index >= 15 is 0 Å². The van der Waals surface area contributed by atoms with Crippen LogP contribution in [0.2, 0.25) is 4.34 Å². The average Bonchev–Trinajstić information content (AvgIpc) is 2.94. The van der Waals surface area contributed by atoms with Crippen LogP contribution in [0, 0.1) is 5.82 Å². The van der Waals surface area contributed by atoms with Crippen molar-refractivity contribution in [3.63, 3.8) is 0 Å². The van der Waals surface area contributed by atoms with Gasteiger partial charge in [-0.3, -0.25) is 4.79 Å². The predicted molar refractivity (Wildman–Crippen MR) is 87.4 cm³/mol. The monoisotopic (exact) mass is 376 g/mol. The van der Waals surface area contributed by atoms with Gasteiger partial charge in [-0.15, -0.1) is 11.3 Å². The smallest absolute Gasteiger partial charge is 0.252 e. The van der Waals surface area contributed by atoms with Crippen LogP contribution in [-0.4, -0.2) is 32.2 Å². The standard InChI is InChI=1S/C14H14ClFN2O3S2/c1-18(23(20,21)14-7-6-12(15)22-14)9-13(19)17-8-10-2-4-11(16)5-3-10/h2-7H,8-9H2,1H3,(H,17,19). The van der Waals surface area contributed by atoms with Gasteiger partial charge in [-0.25, -0.2) is 12.8 Å². The maximum absolute atomic E-state index is 12.8. The molecule has 0 aliphatic heterocycles. The van der Waals surface area contributed by atoms with Gasteiger partial charge in [0.15, 0.2) is 0 Å². The highest BCUT2D eigenvalue weighted by Gasteiger charge is 2.24. The maximum Gasteiger partial charge on any atom is 0.252 e. The number of likely N-dealkylation sites (N-methyl/N-ethyl adjacent to an activating group) is 1. The van der Waals surface area contributed by atoms with Gasteiger partial charge in [-0.2, -0.15) is 4.31 Å². The van der Waals surface area contributed by atoms with Crippen molar-refractivity contribution in [1.29, 1.82) is 0 Å². The molecule has 0 radical (unpaired) electrons. The van der Waals surface area contributed by atoms with Crippen LogP contribution in [0.3, 0.4) is 0 Å². The number of hydrogen-bond donors (Lipinski definition) is 1. The third-order valence-corrected chi connectivity index (χ3v) is 6.48. The number of rotatable bonds is 6. The molecule has 1 aromatic carbocycles. The van der Waals surface area contributed by atoms with E-state index in [9.17, 15) is 17.6 Å². The van der Waals surface area contributed by atoms with Crippen LogP contribution in [0.5, 0.6) is 0 Å². The van der Waals surface area contributed by atoms with E-state index < -0.39 is 15.9 Å². The summed E-state index contributed by atoms with van der Waals surface area (Å²) in [5.74, 6) is -0.816. The lowest BCUT2D eigenvalue weighted by Gasteiger charge is -2.15. The molecule has 2 rings (SSSR count). The maximum atomic E-state index is 12.8. The van der Waals surface area contributed by atoms with Crippen LogP contribution in [-0.2, 0) is 21.4 Å². The lowest BCUT2D eigenvalue weighted by Crippen LogP contribution is -2.37. The van der Waals surface area contributed by atoms with E-state index in [4.69, 9.17) is 11.6 Å². The Bertz CT molecular complexity index is 791. The Morgan fingerprint density at radius 3 is 2.48 bits per heavy atom. The number of carbonyl (C=O) groups is 1. The Morgan fingerprint density at radius 1 is 1.26 bits per heavy atom. The Kier molecular flexibility index (Phi) is 5.74. The second kappa shape index (κ2) is 7.39. The van der Waals surface area contributed by atoms with Crippen molar-refractivity contribution in [3.05, 3.63) is 52.1 Å². The van der Waals surface area contributed by atoms with Gasteiger partial charge in [0.1, 0.15) is 10.0 Å². The summed E-state index contributed by atoms with van der Waals surface area (Å²) in [7, 11) is -2.42. The molecule has 1 amide bonds. The van der Waals surface area contributed by atoms with Crippen LogP contribution < -0.4 is 5.32 Å². The van der Waals surface area contributed by atoms with Crippen molar-refractivity contribution in [1.82, 2.24) is 9.62 Å². The van der Waals surface area contributed by atoms with Crippen molar-refractivity contribution >= 4 is 38.9 Å². The molecule has 23 heavy (non-hydrogen) atoms. The van der Waals surface area contributed by atoms with E-state index in [0.29, 0.717) is 4.34 Å². The third-order valence-electron chi connectivity index (χ3n) is 2.98. The summed E-state index contributed by atoms with van der Waals surface area (Å²) in [6.45, 7) is -0.128. The number of hydrogen-bond acceptors (Lipinski definition) is 4. The highest BCUT2D eigenvalue weighted by Crippen LogP contribution is 2.27. The molecule has 9 heteroatoms. The van der Waals surface area contributed by atoms with Crippen molar-refractivity contribution < 1.29 is 17.6 Å². The van der Waals surface area contributed by atoms with Crippen LogP contribution in [0.25, 0.3) is 0 Å². The summed E-state index contributed by atoms with van der Waals surface area (Å²) < 4.78 is 38.7. The van der Waals surface area contributed by atoms with E-state index in [-0.39, 0.29) is 23.1 Å². The van der Waals surface area contributed by atoms with Gasteiger partial charge in [0.25, 0.3) is 10.0 Å². The Balaban J connectivity index is 1.93. The van der Waals surface area contributed by atoms with Gasteiger partial charge < -0.3 is 5.32 Å². The number of sulfonamides is 1. The molecule has 0 fully saturated rings. The predicted octanol–water partition coefficient (Wildman–Crippen LogP) is 2.48. The zero-order valence-corrected chi connectivity index (χ0v) is 14.5. The molecular weight excluding hydrogens is 363 g/mol. The normalized spacial score (nSPS) is 11.7. The molecule has 0 bridgehead atoms. The molecule has 2 aromatic rings. The highest BCUT2D eigenvalue weighted by atomic mass is 35.5. The van der Waals surface area contributed by atoms with Gasteiger partial charge in [0.05, 0.1) is 10.9 Å². The van der Waals surface area contributed by atoms with Gasteiger partial charge in [0, 0.05) is 13.6 Å². The minimum atomic E-state index is -3.74. The summed E-state index contributed by atoms with van der Waals surface area (Å²) in [6.07, 6.45) is 0. The molecule has 0 saturated carbocycles. The Morgan fingerprint density at radius 2 is 1.91 bits per heavy atom. The largest absolute Gasteiger partial charge is 0.351 e. The first-order valence-electron chi connectivity index (χ1n) is 6.52. The van der Waals surface area contributed by atoms with E-state index in [1.807, 2.05) is 0 Å². The molecule has 0 unspecified atom stereocenters. The quantitative estimate of drug-likeness (QED) is 0.842. The van der Waals surface area contributed by atoms with Crippen LogP contribution in [0.1, 0.15) is 5.56 Å². The van der Waals surface area contributed by atoms with Crippen LogP contribution in [0.15, 0.2) is 40.6 Å². The fraction of sp³-hybridized carbons (Fsp3) is 0.214. The molecule has 1 N–H and O–H groups in total. The van der Waals surface area contributed by atoms with Gasteiger partial charge in [-0.1, -0.05) is 23.7 Å². The van der Waals surface area contributed by atoms with E-state index in [1.165, 1.54) is 31.3 Å². The number of thiophene rings is 1. The van der Waals surface area contributed by atoms with Crippen molar-refractivity contribution in [2.75, 3.05) is 13.6 Å². The summed E-state index contributed by atoms with van der Waals surface area (Å²) in [5.41, 5.74) is 0.718. The molecule has 0 atom stereocenters. The fourth-order valence-corrected chi connectivity index (χ4v) is 4.56. The SMILES string of the molecule is CN(CC(=O)NCc1ccc(F)cc1)S(=O)(=O)c1ccc(Cl)s1. The molecular formula is C14H14ClFN2O3S2. The molecule has 0 saturated heterocycles. The third kappa shape index (κ3) is 4.74. The molecule has 0 aliphatic carbocycles. The second-order valence-electron chi connectivity index (χ2n) is 4.72. The second-order valence-corrected chi connectivity index (χ2v) is 8.71. The molecule has 0 aliphatic rings. The molecule has 5 nitrogen and oxygen atoms in total. The number of carbonyl (C=O) groups excluding carboxylic acids is 1. The molecule has 0 spiro atoms. The summed E-state index contributed by atoms with van der Waals surface area (Å²) in [5, 5.41) is 2.59. The first-order valence-corrected chi connectivity index (χ1v) is 9.15. The topological polar surface area (TPSA) is 66.5 Å². The average molecular weight is 377 g/mol. The Labute approximate surface area is 142 Å². The van der Waals surface area contributed by atoms with Crippen LogP contribution in [0.4, 0.5) is 4.39 Å². The number of nitrogens with one attached hydrogen (secondary N) is 1. The van der Waals surface area contributed by atoms with E-state index in [0.717, 1.165) is 21.2 Å². The summed E-state index contributed by atoms with van der Waals surface area (Å²) >= 11 is 6.67. The first-order chi connectivity index (χ1) is 10.8. The summed E-state index contributed by atoms with van der Waals surface area (Å²) in [4.78, 5) is 11.9. The number of nitrogens with zero attached hydrogens (tertiary/aromatic N) is 1. The summed E-state index contributed by atoms with van der Waals surface area (Å²) in [6, 6.07) is 8.56. The van der Waals surface area contributed by atoms with Gasteiger partial charge in [0.2, 0.25) is 5.91 Å². The van der Waals surface area contributed by atoms with E-state index in [2.05, 4.69) is 5.32 Å². The van der Waals surface area contributed by atoms with Crippen molar-refractivity contribution in [2.24, 2.45) is 0 Å². The lowest BCUT2D eigenvalue weighted by molar-refractivity contribution is -0.121. The van der Waals surface area contributed by atoms with E-state index in [1.54, 1.807) is 12.1 Å². The highest BCUT2D eigenvalue weighted by molar-refractivity contribution is 7.91. The Hall–Kier alpha value is -1.48. The molecule has 1 aromatic heterocycles. The minimum absolute atomic E-state index is 0.0799. The van der Waals surface area contributed by atoms with Gasteiger partial charge >= 0.3 is 0 Å². The fourth-order valence-electron chi connectivity index (χ4n) is 1.74. The number of benzene rings is 1. The first kappa shape index (κ1) is 17.9.